The molecular formula is C20H23NO3. The Hall–Kier alpha value is -2.49. The minimum absolute atomic E-state index is 0.151. The van der Waals surface area contributed by atoms with Crippen molar-refractivity contribution in [3.8, 4) is 11.5 Å². The van der Waals surface area contributed by atoms with Gasteiger partial charge in [0, 0.05) is 17.7 Å². The molecule has 2 N–H and O–H groups in total. The smallest absolute Gasteiger partial charge is 0.268 e. The van der Waals surface area contributed by atoms with Crippen LogP contribution in [0.2, 0.25) is 0 Å². The molecule has 0 aromatic heterocycles. The van der Waals surface area contributed by atoms with Crippen LogP contribution in [0.5, 0.6) is 11.5 Å². The SMILES string of the molecule is Cc1c(C)c2c(c(C)c1O)CC[C@@](C)(C(=O)Nc1ccccc1)O2. The molecule has 2 aromatic rings. The zero-order valence-electron chi connectivity index (χ0n) is 14.6. The van der Waals surface area contributed by atoms with Gasteiger partial charge in [-0.25, -0.2) is 0 Å². The standard InChI is InChI=1S/C20H23NO3/c1-12-13(2)18-16(14(3)17(12)22)10-11-20(4,24-18)19(23)21-15-8-6-5-7-9-15/h5-9,22H,10-11H2,1-4H3,(H,21,23)/t20-/m0/s1. The van der Waals surface area contributed by atoms with E-state index < -0.39 is 5.60 Å². The first kappa shape index (κ1) is 16.4. The van der Waals surface area contributed by atoms with E-state index in [1.165, 1.54) is 0 Å². The number of para-hydroxylation sites is 1. The summed E-state index contributed by atoms with van der Waals surface area (Å²) in [7, 11) is 0. The van der Waals surface area contributed by atoms with Crippen LogP contribution < -0.4 is 10.1 Å². The molecule has 0 fully saturated rings. The first-order valence-electron chi connectivity index (χ1n) is 8.20. The first-order chi connectivity index (χ1) is 11.3. The van der Waals surface area contributed by atoms with Gasteiger partial charge in [-0.05, 0) is 62.9 Å². The lowest BCUT2D eigenvalue weighted by Crippen LogP contribution is -2.48. The molecule has 24 heavy (non-hydrogen) atoms. The fourth-order valence-electron chi connectivity index (χ4n) is 3.19. The van der Waals surface area contributed by atoms with Gasteiger partial charge in [0.25, 0.3) is 5.91 Å². The summed E-state index contributed by atoms with van der Waals surface area (Å²) in [4.78, 5) is 12.8. The van der Waals surface area contributed by atoms with E-state index in [0.29, 0.717) is 18.6 Å². The first-order valence-corrected chi connectivity index (χ1v) is 8.20. The average molecular weight is 325 g/mol. The number of amides is 1. The molecule has 0 bridgehead atoms. The van der Waals surface area contributed by atoms with Gasteiger partial charge in [-0.3, -0.25) is 4.79 Å². The Kier molecular flexibility index (Phi) is 3.99. The van der Waals surface area contributed by atoms with Gasteiger partial charge >= 0.3 is 0 Å². The molecule has 0 unspecified atom stereocenters. The van der Waals surface area contributed by atoms with Crippen molar-refractivity contribution in [3.63, 3.8) is 0 Å². The van der Waals surface area contributed by atoms with Gasteiger partial charge in [0.1, 0.15) is 11.5 Å². The zero-order valence-corrected chi connectivity index (χ0v) is 14.6. The van der Waals surface area contributed by atoms with Crippen molar-refractivity contribution < 1.29 is 14.6 Å². The summed E-state index contributed by atoms with van der Waals surface area (Å²) >= 11 is 0. The maximum Gasteiger partial charge on any atom is 0.268 e. The van der Waals surface area contributed by atoms with E-state index in [0.717, 1.165) is 33.7 Å². The number of fused-ring (bicyclic) bond motifs is 1. The molecule has 1 atom stereocenters. The predicted molar refractivity (Wildman–Crippen MR) is 94.7 cm³/mol. The third-order valence-corrected chi connectivity index (χ3v) is 5.03. The summed E-state index contributed by atoms with van der Waals surface area (Å²) in [6.07, 6.45) is 1.27. The summed E-state index contributed by atoms with van der Waals surface area (Å²) < 4.78 is 6.18. The lowest BCUT2D eigenvalue weighted by atomic mass is 9.86. The number of aromatic hydroxyl groups is 1. The van der Waals surface area contributed by atoms with Crippen molar-refractivity contribution in [2.45, 2.75) is 46.1 Å². The normalized spacial score (nSPS) is 19.3. The van der Waals surface area contributed by atoms with Gasteiger partial charge in [0.05, 0.1) is 0 Å². The Labute approximate surface area is 142 Å². The predicted octanol–water partition coefficient (Wildman–Crippen LogP) is 4.04. The topological polar surface area (TPSA) is 58.6 Å². The third-order valence-electron chi connectivity index (χ3n) is 5.03. The number of benzene rings is 2. The van der Waals surface area contributed by atoms with Crippen molar-refractivity contribution in [1.29, 1.82) is 0 Å². The largest absolute Gasteiger partial charge is 0.507 e. The quantitative estimate of drug-likeness (QED) is 0.876. The molecular weight excluding hydrogens is 302 g/mol. The van der Waals surface area contributed by atoms with Crippen molar-refractivity contribution in [1.82, 2.24) is 0 Å². The highest BCUT2D eigenvalue weighted by atomic mass is 16.5. The van der Waals surface area contributed by atoms with Gasteiger partial charge in [-0.1, -0.05) is 18.2 Å². The van der Waals surface area contributed by atoms with Gasteiger partial charge < -0.3 is 15.2 Å². The van der Waals surface area contributed by atoms with Crippen LogP contribution in [0.4, 0.5) is 5.69 Å². The van der Waals surface area contributed by atoms with Crippen molar-refractivity contribution in [3.05, 3.63) is 52.6 Å². The Morgan fingerprint density at radius 1 is 1.12 bits per heavy atom. The molecule has 126 valence electrons. The minimum Gasteiger partial charge on any atom is -0.507 e. The number of nitrogens with one attached hydrogen (secondary N) is 1. The van der Waals surface area contributed by atoms with E-state index in [4.69, 9.17) is 4.74 Å². The van der Waals surface area contributed by atoms with Crippen LogP contribution in [-0.2, 0) is 11.2 Å². The summed E-state index contributed by atoms with van der Waals surface area (Å²) in [6.45, 7) is 7.52. The monoisotopic (exact) mass is 325 g/mol. The van der Waals surface area contributed by atoms with E-state index in [1.807, 2.05) is 58.0 Å². The molecule has 4 heteroatoms. The van der Waals surface area contributed by atoms with Crippen molar-refractivity contribution in [2.24, 2.45) is 0 Å². The van der Waals surface area contributed by atoms with Gasteiger partial charge in [0.15, 0.2) is 5.60 Å². The highest BCUT2D eigenvalue weighted by Gasteiger charge is 2.40. The zero-order chi connectivity index (χ0) is 17.5. The molecule has 1 aliphatic rings. The van der Waals surface area contributed by atoms with Crippen molar-refractivity contribution in [2.75, 3.05) is 5.32 Å². The second-order valence-electron chi connectivity index (χ2n) is 6.68. The highest BCUT2D eigenvalue weighted by molar-refractivity contribution is 5.97. The van der Waals surface area contributed by atoms with Crippen LogP contribution in [0.25, 0.3) is 0 Å². The molecule has 2 aromatic carbocycles. The lowest BCUT2D eigenvalue weighted by molar-refractivity contribution is -0.131. The van der Waals surface area contributed by atoms with Gasteiger partial charge in [-0.2, -0.15) is 0 Å². The van der Waals surface area contributed by atoms with E-state index >= 15 is 0 Å². The maximum absolute atomic E-state index is 12.8. The molecule has 0 saturated carbocycles. The number of carbonyl (C=O) groups is 1. The molecule has 0 saturated heterocycles. The average Bonchev–Trinajstić information content (AvgIpc) is 2.59. The molecule has 0 radical (unpaired) electrons. The van der Waals surface area contributed by atoms with Gasteiger partial charge in [-0.15, -0.1) is 0 Å². The Balaban J connectivity index is 1.92. The van der Waals surface area contributed by atoms with Crippen LogP contribution in [0.3, 0.4) is 0 Å². The Morgan fingerprint density at radius 3 is 2.46 bits per heavy atom. The van der Waals surface area contributed by atoms with E-state index in [-0.39, 0.29) is 5.91 Å². The molecule has 4 nitrogen and oxygen atoms in total. The molecule has 3 rings (SSSR count). The second-order valence-corrected chi connectivity index (χ2v) is 6.68. The lowest BCUT2D eigenvalue weighted by Gasteiger charge is -2.36. The number of carbonyl (C=O) groups excluding carboxylic acids is 1. The number of phenolic OH excluding ortho intramolecular Hbond substituents is 1. The summed E-state index contributed by atoms with van der Waals surface area (Å²) in [6, 6.07) is 9.39. The number of rotatable bonds is 2. The van der Waals surface area contributed by atoms with Crippen LogP contribution in [0.1, 0.15) is 35.6 Å². The number of hydrogen-bond donors (Lipinski definition) is 2. The Morgan fingerprint density at radius 2 is 1.79 bits per heavy atom. The second kappa shape index (κ2) is 5.86. The number of anilines is 1. The number of hydrogen-bond acceptors (Lipinski definition) is 3. The molecule has 1 amide bonds. The summed E-state index contributed by atoms with van der Waals surface area (Å²) in [5, 5.41) is 13.2. The molecule has 1 aliphatic heterocycles. The highest BCUT2D eigenvalue weighted by Crippen LogP contribution is 2.43. The molecule has 0 aliphatic carbocycles. The molecule has 0 spiro atoms. The summed E-state index contributed by atoms with van der Waals surface area (Å²) in [5.41, 5.74) is 3.38. The van der Waals surface area contributed by atoms with Crippen LogP contribution >= 0.6 is 0 Å². The van der Waals surface area contributed by atoms with E-state index in [2.05, 4.69) is 5.32 Å². The Bertz CT molecular complexity index is 799. The van der Waals surface area contributed by atoms with Gasteiger partial charge in [0.2, 0.25) is 0 Å². The fourth-order valence-corrected chi connectivity index (χ4v) is 3.19. The number of ether oxygens (including phenoxy) is 1. The van der Waals surface area contributed by atoms with Crippen molar-refractivity contribution >= 4 is 11.6 Å². The molecule has 1 heterocycles. The maximum atomic E-state index is 12.8. The fraction of sp³-hybridized carbons (Fsp3) is 0.350. The third kappa shape index (κ3) is 2.62. The minimum atomic E-state index is -0.927. The van der Waals surface area contributed by atoms with E-state index in [9.17, 15) is 9.90 Å². The van der Waals surface area contributed by atoms with Crippen LogP contribution in [-0.4, -0.2) is 16.6 Å². The number of phenols is 1. The van der Waals surface area contributed by atoms with Crippen LogP contribution in [0.15, 0.2) is 30.3 Å². The summed E-state index contributed by atoms with van der Waals surface area (Å²) in [5.74, 6) is 0.911. The van der Waals surface area contributed by atoms with E-state index in [1.54, 1.807) is 0 Å². The van der Waals surface area contributed by atoms with Crippen LogP contribution in [0, 0.1) is 20.8 Å².